The standard InChI is InChI=1S/C19H23FN2OS/c1-14(2)22(16-10-8-15(20)9-11-16)13-12-19(23)21-17-6-4-5-7-18(17)24-3/h4-11,14H,12-13H2,1-3H3,(H,21,23). The molecule has 2 aromatic carbocycles. The number of halogens is 1. The molecule has 0 heterocycles. The third-order valence-electron chi connectivity index (χ3n) is 3.74. The average molecular weight is 346 g/mol. The van der Waals surface area contributed by atoms with E-state index in [1.807, 2.05) is 30.5 Å². The normalized spacial score (nSPS) is 10.7. The largest absolute Gasteiger partial charge is 0.369 e. The Labute approximate surface area is 147 Å². The van der Waals surface area contributed by atoms with Crippen molar-refractivity contribution in [3.63, 3.8) is 0 Å². The molecule has 0 atom stereocenters. The van der Waals surface area contributed by atoms with Gasteiger partial charge in [-0.3, -0.25) is 4.79 Å². The van der Waals surface area contributed by atoms with Crippen molar-refractivity contribution in [2.24, 2.45) is 0 Å². The van der Waals surface area contributed by atoms with Gasteiger partial charge in [0.2, 0.25) is 5.91 Å². The molecule has 24 heavy (non-hydrogen) atoms. The van der Waals surface area contributed by atoms with Crippen LogP contribution < -0.4 is 10.2 Å². The van der Waals surface area contributed by atoms with Gasteiger partial charge in [-0.15, -0.1) is 11.8 Å². The van der Waals surface area contributed by atoms with Crippen LogP contribution in [0.5, 0.6) is 0 Å². The van der Waals surface area contributed by atoms with E-state index in [9.17, 15) is 9.18 Å². The van der Waals surface area contributed by atoms with Crippen LogP contribution in [0.25, 0.3) is 0 Å². The molecule has 1 N–H and O–H groups in total. The van der Waals surface area contributed by atoms with Crippen LogP contribution in [0.2, 0.25) is 0 Å². The third-order valence-corrected chi connectivity index (χ3v) is 4.54. The molecule has 3 nitrogen and oxygen atoms in total. The van der Waals surface area contributed by atoms with E-state index in [-0.39, 0.29) is 17.8 Å². The Morgan fingerprint density at radius 1 is 1.17 bits per heavy atom. The summed E-state index contributed by atoms with van der Waals surface area (Å²) in [6, 6.07) is 14.4. The Bertz CT molecular complexity index is 673. The molecule has 0 unspecified atom stereocenters. The smallest absolute Gasteiger partial charge is 0.226 e. The second-order valence-electron chi connectivity index (χ2n) is 5.76. The lowest BCUT2D eigenvalue weighted by molar-refractivity contribution is -0.116. The van der Waals surface area contributed by atoms with Gasteiger partial charge < -0.3 is 10.2 Å². The number of benzene rings is 2. The molecule has 0 aromatic heterocycles. The first kappa shape index (κ1) is 18.3. The van der Waals surface area contributed by atoms with Crippen LogP contribution in [0.15, 0.2) is 53.4 Å². The number of amides is 1. The third kappa shape index (κ3) is 4.99. The number of hydrogen-bond acceptors (Lipinski definition) is 3. The van der Waals surface area contributed by atoms with Gasteiger partial charge >= 0.3 is 0 Å². The fourth-order valence-electron chi connectivity index (χ4n) is 2.50. The van der Waals surface area contributed by atoms with E-state index in [1.165, 1.54) is 12.1 Å². The van der Waals surface area contributed by atoms with Crippen LogP contribution in [0.4, 0.5) is 15.8 Å². The summed E-state index contributed by atoms with van der Waals surface area (Å²) in [6.07, 6.45) is 2.36. The zero-order valence-corrected chi connectivity index (χ0v) is 15.1. The number of rotatable bonds is 7. The first-order valence-electron chi connectivity index (χ1n) is 7.96. The average Bonchev–Trinajstić information content (AvgIpc) is 2.57. The fraction of sp³-hybridized carbons (Fsp3) is 0.316. The highest BCUT2D eigenvalue weighted by Crippen LogP contribution is 2.25. The maximum absolute atomic E-state index is 13.1. The Morgan fingerprint density at radius 2 is 1.83 bits per heavy atom. The van der Waals surface area contributed by atoms with E-state index in [4.69, 9.17) is 0 Å². The van der Waals surface area contributed by atoms with Crippen LogP contribution in [-0.2, 0) is 4.79 Å². The molecule has 2 rings (SSSR count). The summed E-state index contributed by atoms with van der Waals surface area (Å²) in [5.41, 5.74) is 1.76. The SMILES string of the molecule is CSc1ccccc1NC(=O)CCN(c1ccc(F)cc1)C(C)C. The van der Waals surface area contributed by atoms with Gasteiger partial charge in [0.25, 0.3) is 0 Å². The summed E-state index contributed by atoms with van der Waals surface area (Å²) in [5, 5.41) is 2.97. The molecule has 1 amide bonds. The molecule has 0 aliphatic carbocycles. The van der Waals surface area contributed by atoms with Crippen molar-refractivity contribution in [2.75, 3.05) is 23.0 Å². The van der Waals surface area contributed by atoms with Crippen molar-refractivity contribution < 1.29 is 9.18 Å². The number of thioether (sulfide) groups is 1. The van der Waals surface area contributed by atoms with Gasteiger partial charge in [0.05, 0.1) is 5.69 Å². The van der Waals surface area contributed by atoms with Gasteiger partial charge in [-0.25, -0.2) is 4.39 Å². The molecule has 0 fully saturated rings. The van der Waals surface area contributed by atoms with Gasteiger partial charge in [0.1, 0.15) is 5.82 Å². The van der Waals surface area contributed by atoms with Crippen LogP contribution in [-0.4, -0.2) is 24.7 Å². The van der Waals surface area contributed by atoms with E-state index in [0.29, 0.717) is 13.0 Å². The summed E-state index contributed by atoms with van der Waals surface area (Å²) in [5.74, 6) is -0.280. The highest BCUT2D eigenvalue weighted by atomic mass is 32.2. The van der Waals surface area contributed by atoms with Crippen LogP contribution in [0.3, 0.4) is 0 Å². The molecule has 0 bridgehead atoms. The molecular formula is C19H23FN2OS. The highest BCUT2D eigenvalue weighted by Gasteiger charge is 2.13. The summed E-state index contributed by atoms with van der Waals surface area (Å²) in [7, 11) is 0. The van der Waals surface area contributed by atoms with Crippen LogP contribution >= 0.6 is 11.8 Å². The van der Waals surface area contributed by atoms with Gasteiger partial charge in [-0.05, 0) is 56.5 Å². The van der Waals surface area contributed by atoms with Gasteiger partial charge in [-0.2, -0.15) is 0 Å². The Balaban J connectivity index is 1.99. The topological polar surface area (TPSA) is 32.3 Å². The van der Waals surface area contributed by atoms with E-state index in [1.54, 1.807) is 23.9 Å². The Kier molecular flexibility index (Phi) is 6.67. The number of hydrogen-bond donors (Lipinski definition) is 1. The highest BCUT2D eigenvalue weighted by molar-refractivity contribution is 7.98. The van der Waals surface area contributed by atoms with Gasteiger partial charge in [0.15, 0.2) is 0 Å². The fourth-order valence-corrected chi connectivity index (χ4v) is 3.05. The summed E-state index contributed by atoms with van der Waals surface area (Å²) >= 11 is 1.60. The van der Waals surface area contributed by atoms with E-state index < -0.39 is 0 Å². The van der Waals surface area contributed by atoms with Crippen molar-refractivity contribution in [3.8, 4) is 0 Å². The second kappa shape index (κ2) is 8.73. The number of para-hydroxylation sites is 1. The molecular weight excluding hydrogens is 323 g/mol. The molecule has 128 valence electrons. The maximum atomic E-state index is 13.1. The lowest BCUT2D eigenvalue weighted by Gasteiger charge is -2.29. The number of anilines is 2. The quantitative estimate of drug-likeness (QED) is 0.732. The van der Waals surface area contributed by atoms with E-state index in [0.717, 1.165) is 16.3 Å². The van der Waals surface area contributed by atoms with Crippen LogP contribution in [0.1, 0.15) is 20.3 Å². The van der Waals surface area contributed by atoms with Crippen LogP contribution in [0, 0.1) is 5.82 Å². The minimum absolute atomic E-state index is 0.0238. The minimum atomic E-state index is -0.256. The second-order valence-corrected chi connectivity index (χ2v) is 6.61. The number of carbonyl (C=O) groups is 1. The van der Waals surface area contributed by atoms with E-state index >= 15 is 0 Å². The van der Waals surface area contributed by atoms with E-state index in [2.05, 4.69) is 24.1 Å². The first-order valence-corrected chi connectivity index (χ1v) is 9.19. The molecule has 0 spiro atoms. The summed E-state index contributed by atoms with van der Waals surface area (Å²) in [6.45, 7) is 4.70. The minimum Gasteiger partial charge on any atom is -0.369 e. The summed E-state index contributed by atoms with van der Waals surface area (Å²) < 4.78 is 13.1. The van der Waals surface area contributed by atoms with Gasteiger partial charge in [-0.1, -0.05) is 12.1 Å². The van der Waals surface area contributed by atoms with Crippen molar-refractivity contribution in [1.29, 1.82) is 0 Å². The molecule has 0 aliphatic rings. The zero-order chi connectivity index (χ0) is 17.5. The molecule has 5 heteroatoms. The predicted octanol–water partition coefficient (Wildman–Crippen LogP) is 4.79. The van der Waals surface area contributed by atoms with Crippen molar-refractivity contribution >= 4 is 29.0 Å². The molecule has 2 aromatic rings. The lowest BCUT2D eigenvalue weighted by atomic mass is 10.2. The molecule has 0 saturated heterocycles. The molecule has 0 aliphatic heterocycles. The zero-order valence-electron chi connectivity index (χ0n) is 14.3. The molecule has 0 saturated carbocycles. The van der Waals surface area contributed by atoms with Crippen molar-refractivity contribution in [3.05, 3.63) is 54.3 Å². The number of nitrogens with one attached hydrogen (secondary N) is 1. The predicted molar refractivity (Wildman–Crippen MR) is 100 cm³/mol. The maximum Gasteiger partial charge on any atom is 0.226 e. The monoisotopic (exact) mass is 346 g/mol. The Morgan fingerprint density at radius 3 is 2.46 bits per heavy atom. The van der Waals surface area contributed by atoms with Crippen molar-refractivity contribution in [1.82, 2.24) is 0 Å². The first-order chi connectivity index (χ1) is 11.5. The number of nitrogens with zero attached hydrogens (tertiary/aromatic N) is 1. The van der Waals surface area contributed by atoms with Crippen molar-refractivity contribution in [2.45, 2.75) is 31.2 Å². The molecule has 0 radical (unpaired) electrons. The summed E-state index contributed by atoms with van der Waals surface area (Å²) in [4.78, 5) is 15.4. The number of carbonyl (C=O) groups excluding carboxylic acids is 1. The lowest BCUT2D eigenvalue weighted by Crippen LogP contribution is -2.33. The van der Waals surface area contributed by atoms with Gasteiger partial charge in [0, 0.05) is 29.6 Å². The Hall–Kier alpha value is -2.01.